The second-order valence-electron chi connectivity index (χ2n) is 4.36. The van der Waals surface area contributed by atoms with Crippen LogP contribution in [0.3, 0.4) is 0 Å². The fourth-order valence-corrected chi connectivity index (χ4v) is 2.15. The predicted octanol–water partition coefficient (Wildman–Crippen LogP) is 0.0409. The van der Waals surface area contributed by atoms with Crippen molar-refractivity contribution in [2.24, 2.45) is 0 Å². The summed E-state index contributed by atoms with van der Waals surface area (Å²) in [5.41, 5.74) is 1.90. The van der Waals surface area contributed by atoms with E-state index in [4.69, 9.17) is 0 Å². The van der Waals surface area contributed by atoms with Crippen molar-refractivity contribution in [3.8, 4) is 0 Å². The number of esters is 1. The van der Waals surface area contributed by atoms with E-state index < -0.39 is 10.0 Å². The number of hydrogen-bond acceptors (Lipinski definition) is 5. The maximum absolute atomic E-state index is 11.3. The van der Waals surface area contributed by atoms with E-state index in [1.165, 1.54) is 7.11 Å². The van der Waals surface area contributed by atoms with Crippen LogP contribution in [0.15, 0.2) is 24.3 Å². The first-order valence-corrected chi connectivity index (χ1v) is 8.10. The fourth-order valence-electron chi connectivity index (χ4n) is 1.68. The van der Waals surface area contributed by atoms with Crippen LogP contribution in [0.4, 0.5) is 0 Å². The normalized spacial score (nSPS) is 11.3. The number of methoxy groups -OCH3 is 1. The van der Waals surface area contributed by atoms with Crippen molar-refractivity contribution < 1.29 is 17.9 Å². The average Bonchev–Trinajstić information content (AvgIpc) is 2.38. The van der Waals surface area contributed by atoms with Gasteiger partial charge >= 0.3 is 5.97 Å². The monoisotopic (exact) mass is 300 g/mol. The molecule has 0 unspecified atom stereocenters. The van der Waals surface area contributed by atoms with Crippen LogP contribution in [0.2, 0.25) is 0 Å². The van der Waals surface area contributed by atoms with Crippen LogP contribution >= 0.6 is 0 Å². The van der Waals surface area contributed by atoms with Crippen molar-refractivity contribution in [2.45, 2.75) is 13.0 Å². The SMILES string of the molecule is COC(=O)Cc1ccccc1CNCCNS(C)(=O)=O. The molecule has 0 aliphatic carbocycles. The van der Waals surface area contributed by atoms with Gasteiger partial charge in [0.2, 0.25) is 10.0 Å². The van der Waals surface area contributed by atoms with Gasteiger partial charge in [-0.1, -0.05) is 24.3 Å². The van der Waals surface area contributed by atoms with Crippen LogP contribution in [0.5, 0.6) is 0 Å². The van der Waals surface area contributed by atoms with Gasteiger partial charge in [-0.15, -0.1) is 0 Å². The molecule has 0 radical (unpaired) electrons. The Balaban J connectivity index is 2.45. The molecule has 0 spiro atoms. The van der Waals surface area contributed by atoms with Gasteiger partial charge in [0.05, 0.1) is 19.8 Å². The van der Waals surface area contributed by atoms with Gasteiger partial charge < -0.3 is 10.1 Å². The van der Waals surface area contributed by atoms with Gasteiger partial charge in [0, 0.05) is 19.6 Å². The third-order valence-electron chi connectivity index (χ3n) is 2.66. The first-order valence-electron chi connectivity index (χ1n) is 6.21. The average molecular weight is 300 g/mol. The minimum Gasteiger partial charge on any atom is -0.469 e. The number of carbonyl (C=O) groups excluding carboxylic acids is 1. The molecule has 2 N–H and O–H groups in total. The molecule has 7 heteroatoms. The van der Waals surface area contributed by atoms with E-state index in [9.17, 15) is 13.2 Å². The lowest BCUT2D eigenvalue weighted by Crippen LogP contribution is -2.31. The van der Waals surface area contributed by atoms with Gasteiger partial charge in [0.15, 0.2) is 0 Å². The Labute approximate surface area is 119 Å². The van der Waals surface area contributed by atoms with Crippen LogP contribution in [0.1, 0.15) is 11.1 Å². The highest BCUT2D eigenvalue weighted by Crippen LogP contribution is 2.09. The number of sulfonamides is 1. The van der Waals surface area contributed by atoms with E-state index in [0.29, 0.717) is 19.6 Å². The van der Waals surface area contributed by atoms with Gasteiger partial charge in [-0.05, 0) is 11.1 Å². The summed E-state index contributed by atoms with van der Waals surface area (Å²) < 4.78 is 28.8. The number of carbonyl (C=O) groups is 1. The molecule has 112 valence electrons. The third-order valence-corrected chi connectivity index (χ3v) is 3.39. The summed E-state index contributed by atoms with van der Waals surface area (Å²) in [6, 6.07) is 7.57. The molecule has 0 aromatic heterocycles. The van der Waals surface area contributed by atoms with E-state index in [0.717, 1.165) is 17.4 Å². The Morgan fingerprint density at radius 1 is 1.20 bits per heavy atom. The highest BCUT2D eigenvalue weighted by atomic mass is 32.2. The third kappa shape index (κ3) is 6.65. The minimum atomic E-state index is -3.15. The Kier molecular flexibility index (Phi) is 6.63. The Morgan fingerprint density at radius 3 is 2.45 bits per heavy atom. The smallest absolute Gasteiger partial charge is 0.309 e. The molecule has 0 saturated heterocycles. The number of ether oxygens (including phenoxy) is 1. The van der Waals surface area contributed by atoms with Crippen molar-refractivity contribution >= 4 is 16.0 Å². The maximum atomic E-state index is 11.3. The molecular weight excluding hydrogens is 280 g/mol. The molecule has 0 fully saturated rings. The molecule has 1 aromatic rings. The van der Waals surface area contributed by atoms with E-state index in [2.05, 4.69) is 14.8 Å². The van der Waals surface area contributed by atoms with Crippen LogP contribution in [-0.2, 0) is 32.5 Å². The quantitative estimate of drug-likeness (QED) is 0.523. The summed E-state index contributed by atoms with van der Waals surface area (Å²) in [4.78, 5) is 11.3. The minimum absolute atomic E-state index is 0.232. The largest absolute Gasteiger partial charge is 0.469 e. The lowest BCUT2D eigenvalue weighted by molar-refractivity contribution is -0.139. The molecule has 0 saturated carbocycles. The molecule has 20 heavy (non-hydrogen) atoms. The van der Waals surface area contributed by atoms with Crippen LogP contribution in [0.25, 0.3) is 0 Å². The Bertz CT molecular complexity index is 543. The highest BCUT2D eigenvalue weighted by Gasteiger charge is 2.07. The molecule has 0 aliphatic rings. The van der Waals surface area contributed by atoms with Crippen LogP contribution in [-0.4, -0.2) is 40.8 Å². The Morgan fingerprint density at radius 2 is 1.85 bits per heavy atom. The van der Waals surface area contributed by atoms with Crippen molar-refractivity contribution in [3.63, 3.8) is 0 Å². The zero-order valence-corrected chi connectivity index (χ0v) is 12.5. The lowest BCUT2D eigenvalue weighted by Gasteiger charge is -2.10. The first-order chi connectivity index (χ1) is 9.42. The van der Waals surface area contributed by atoms with Crippen LogP contribution in [0, 0.1) is 0 Å². The van der Waals surface area contributed by atoms with Crippen molar-refractivity contribution in [1.29, 1.82) is 0 Å². The summed E-state index contributed by atoms with van der Waals surface area (Å²) >= 11 is 0. The van der Waals surface area contributed by atoms with Crippen molar-refractivity contribution in [2.75, 3.05) is 26.5 Å². The van der Waals surface area contributed by atoms with E-state index in [1.807, 2.05) is 24.3 Å². The molecular formula is C13H20N2O4S. The van der Waals surface area contributed by atoms with Gasteiger partial charge in [-0.2, -0.15) is 0 Å². The second kappa shape index (κ2) is 7.98. The molecule has 0 atom stereocenters. The summed E-state index contributed by atoms with van der Waals surface area (Å²) in [6.45, 7) is 1.41. The number of nitrogens with one attached hydrogen (secondary N) is 2. The summed E-state index contributed by atoms with van der Waals surface area (Å²) in [7, 11) is -1.79. The van der Waals surface area contributed by atoms with Crippen LogP contribution < -0.4 is 10.0 Å². The van der Waals surface area contributed by atoms with Gasteiger partial charge in [0.25, 0.3) is 0 Å². The summed E-state index contributed by atoms with van der Waals surface area (Å²) in [6.07, 6.45) is 1.36. The lowest BCUT2D eigenvalue weighted by atomic mass is 10.0. The van der Waals surface area contributed by atoms with Crippen molar-refractivity contribution in [1.82, 2.24) is 10.0 Å². The second-order valence-corrected chi connectivity index (χ2v) is 6.20. The molecule has 0 amide bonds. The fraction of sp³-hybridized carbons (Fsp3) is 0.462. The molecule has 0 bridgehead atoms. The molecule has 0 heterocycles. The van der Waals surface area contributed by atoms with E-state index >= 15 is 0 Å². The molecule has 6 nitrogen and oxygen atoms in total. The number of hydrogen-bond donors (Lipinski definition) is 2. The van der Waals surface area contributed by atoms with Gasteiger partial charge in [0.1, 0.15) is 0 Å². The highest BCUT2D eigenvalue weighted by molar-refractivity contribution is 7.88. The standard InChI is InChI=1S/C13H20N2O4S/c1-19-13(16)9-11-5-3-4-6-12(11)10-14-7-8-15-20(2,17)18/h3-6,14-15H,7-10H2,1-2H3. The summed E-state index contributed by atoms with van der Waals surface area (Å²) in [5.74, 6) is -0.281. The van der Waals surface area contributed by atoms with Crippen molar-refractivity contribution in [3.05, 3.63) is 35.4 Å². The van der Waals surface area contributed by atoms with E-state index in [1.54, 1.807) is 0 Å². The van der Waals surface area contributed by atoms with E-state index in [-0.39, 0.29) is 12.4 Å². The zero-order valence-electron chi connectivity index (χ0n) is 11.7. The molecule has 0 aliphatic heterocycles. The Hall–Kier alpha value is -1.44. The maximum Gasteiger partial charge on any atom is 0.309 e. The predicted molar refractivity (Wildman–Crippen MR) is 76.7 cm³/mol. The molecule has 1 aromatic carbocycles. The number of benzene rings is 1. The first kappa shape index (κ1) is 16.6. The van der Waals surface area contributed by atoms with Gasteiger partial charge in [-0.25, -0.2) is 13.1 Å². The topological polar surface area (TPSA) is 84.5 Å². The van der Waals surface area contributed by atoms with Gasteiger partial charge in [-0.3, -0.25) is 4.79 Å². The summed E-state index contributed by atoms with van der Waals surface area (Å²) in [5, 5.41) is 3.13. The zero-order chi connectivity index (χ0) is 15.0. The molecule has 1 rings (SSSR count). The number of rotatable bonds is 8.